The Labute approximate surface area is 178 Å². The van der Waals surface area contributed by atoms with E-state index in [9.17, 15) is 22.0 Å². The maximum Gasteiger partial charge on any atom is 0.261 e. The largest absolute Gasteiger partial charge is 0.345 e. The van der Waals surface area contributed by atoms with Gasteiger partial charge in [-0.05, 0) is 30.3 Å². The van der Waals surface area contributed by atoms with Gasteiger partial charge in [0.1, 0.15) is 12.0 Å². The summed E-state index contributed by atoms with van der Waals surface area (Å²) in [4.78, 5) is 13.9. The molecule has 10 heteroatoms. The van der Waals surface area contributed by atoms with E-state index in [1.165, 1.54) is 41.4 Å². The van der Waals surface area contributed by atoms with E-state index in [1.807, 2.05) is 0 Å². The van der Waals surface area contributed by atoms with Crippen LogP contribution >= 0.6 is 0 Å². The predicted octanol–water partition coefficient (Wildman–Crippen LogP) is 2.48. The molecular weight excluding hydrogens is 426 g/mol. The van der Waals surface area contributed by atoms with E-state index in [1.54, 1.807) is 22.8 Å². The molecule has 3 N–H and O–H groups in total. The zero-order valence-electron chi connectivity index (χ0n) is 16.5. The molecule has 0 unspecified atom stereocenters. The number of rotatable bonds is 6. The number of hydrogen-bond donors (Lipinski definition) is 2. The number of sulfonamides is 1. The van der Waals surface area contributed by atoms with Crippen molar-refractivity contribution in [1.82, 2.24) is 9.47 Å². The minimum atomic E-state index is -3.85. The van der Waals surface area contributed by atoms with Gasteiger partial charge in [0, 0.05) is 31.1 Å². The molecule has 4 rings (SSSR count). The third-order valence-corrected chi connectivity index (χ3v) is 6.73. The highest BCUT2D eigenvalue weighted by molar-refractivity contribution is 7.92. The van der Waals surface area contributed by atoms with Crippen LogP contribution in [-0.2, 0) is 21.4 Å². The van der Waals surface area contributed by atoms with Crippen LogP contribution < -0.4 is 10.5 Å². The van der Waals surface area contributed by atoms with Gasteiger partial charge < -0.3 is 15.2 Å². The Morgan fingerprint density at radius 2 is 1.90 bits per heavy atom. The number of halogens is 2. The zero-order chi connectivity index (χ0) is 22.2. The molecule has 1 aliphatic heterocycles. The lowest BCUT2D eigenvalue weighted by Crippen LogP contribution is -2.32. The van der Waals surface area contributed by atoms with Crippen molar-refractivity contribution in [2.45, 2.75) is 30.1 Å². The van der Waals surface area contributed by atoms with Crippen molar-refractivity contribution in [2.75, 3.05) is 17.8 Å². The highest BCUT2D eigenvalue weighted by Gasteiger charge is 2.32. The summed E-state index contributed by atoms with van der Waals surface area (Å²) in [5, 5.41) is 0.500. The topological polar surface area (TPSA) is 97.4 Å². The van der Waals surface area contributed by atoms with E-state index in [0.717, 1.165) is 0 Å². The van der Waals surface area contributed by atoms with E-state index in [2.05, 4.69) is 4.72 Å². The molecule has 0 aliphatic carbocycles. The number of alkyl halides is 1. The Kier molecular flexibility index (Phi) is 5.67. The Bertz CT molecular complexity index is 1200. The van der Waals surface area contributed by atoms with Gasteiger partial charge in [-0.15, -0.1) is 0 Å². The lowest BCUT2D eigenvalue weighted by Gasteiger charge is -2.15. The first-order chi connectivity index (χ1) is 14.7. The average molecular weight is 448 g/mol. The molecule has 1 amide bonds. The number of aryl methyl sites for hydroxylation is 1. The van der Waals surface area contributed by atoms with E-state index < -0.39 is 28.1 Å². The maximum atomic E-state index is 13.9. The molecule has 164 valence electrons. The number of amides is 1. The van der Waals surface area contributed by atoms with Gasteiger partial charge >= 0.3 is 0 Å². The molecule has 0 bridgehead atoms. The summed E-state index contributed by atoms with van der Waals surface area (Å²) >= 11 is 0. The maximum absolute atomic E-state index is 13.9. The van der Waals surface area contributed by atoms with Gasteiger partial charge in [0.25, 0.3) is 10.0 Å². The molecule has 0 radical (unpaired) electrons. The number of nitrogens with zero attached hydrogens (tertiary/aromatic N) is 2. The minimum Gasteiger partial charge on any atom is -0.345 e. The molecule has 0 spiro atoms. The quantitative estimate of drug-likeness (QED) is 0.605. The molecule has 31 heavy (non-hydrogen) atoms. The number of benzene rings is 2. The van der Waals surface area contributed by atoms with Crippen LogP contribution in [0.15, 0.2) is 59.6 Å². The Balaban J connectivity index is 1.58. The highest BCUT2D eigenvalue weighted by atomic mass is 32.2. The fraction of sp³-hybridized carbons (Fsp3) is 0.286. The molecule has 1 aliphatic rings. The van der Waals surface area contributed by atoms with Crippen LogP contribution in [-0.4, -0.2) is 49.1 Å². The van der Waals surface area contributed by atoms with Crippen molar-refractivity contribution in [1.29, 1.82) is 0 Å². The average Bonchev–Trinajstić information content (AvgIpc) is 3.25. The zero-order valence-corrected chi connectivity index (χ0v) is 17.4. The van der Waals surface area contributed by atoms with Crippen LogP contribution in [0.1, 0.15) is 6.42 Å². The molecule has 2 atom stereocenters. The van der Waals surface area contributed by atoms with Crippen LogP contribution in [0.3, 0.4) is 0 Å². The van der Waals surface area contributed by atoms with Gasteiger partial charge in [0.15, 0.2) is 0 Å². The smallest absolute Gasteiger partial charge is 0.261 e. The van der Waals surface area contributed by atoms with E-state index in [4.69, 9.17) is 5.73 Å². The number of aromatic nitrogens is 1. The summed E-state index contributed by atoms with van der Waals surface area (Å²) in [7, 11) is -3.85. The fourth-order valence-electron chi connectivity index (χ4n) is 3.70. The molecule has 1 aromatic heterocycles. The molecule has 1 saturated heterocycles. The van der Waals surface area contributed by atoms with Crippen LogP contribution in [0.4, 0.5) is 14.5 Å². The van der Waals surface area contributed by atoms with Crippen molar-refractivity contribution in [2.24, 2.45) is 5.73 Å². The van der Waals surface area contributed by atoms with Crippen molar-refractivity contribution in [3.8, 4) is 0 Å². The molecule has 2 aromatic carbocycles. The fourth-order valence-corrected chi connectivity index (χ4v) is 4.79. The van der Waals surface area contributed by atoms with Crippen LogP contribution in [0.5, 0.6) is 0 Å². The van der Waals surface area contributed by atoms with E-state index >= 15 is 0 Å². The van der Waals surface area contributed by atoms with Gasteiger partial charge in [-0.3, -0.25) is 9.52 Å². The molecule has 0 saturated carbocycles. The number of nitrogens with two attached hydrogens (primary N) is 1. The summed E-state index contributed by atoms with van der Waals surface area (Å²) < 4.78 is 57.1. The van der Waals surface area contributed by atoms with Gasteiger partial charge in [-0.25, -0.2) is 17.2 Å². The van der Waals surface area contributed by atoms with E-state index in [0.29, 0.717) is 10.9 Å². The van der Waals surface area contributed by atoms with Gasteiger partial charge in [-0.2, -0.15) is 0 Å². The predicted molar refractivity (Wildman–Crippen MR) is 113 cm³/mol. The number of anilines is 1. The molecule has 1 fully saturated rings. The van der Waals surface area contributed by atoms with Crippen LogP contribution in [0, 0.1) is 5.82 Å². The molecular formula is C21H22F2N4O3S. The third-order valence-electron chi connectivity index (χ3n) is 5.35. The highest BCUT2D eigenvalue weighted by Crippen LogP contribution is 2.29. The summed E-state index contributed by atoms with van der Waals surface area (Å²) in [5.74, 6) is -0.748. The molecule has 7 nitrogen and oxygen atoms in total. The van der Waals surface area contributed by atoms with Crippen LogP contribution in [0.2, 0.25) is 0 Å². The van der Waals surface area contributed by atoms with Crippen molar-refractivity contribution >= 4 is 32.5 Å². The van der Waals surface area contributed by atoms with Crippen molar-refractivity contribution in [3.63, 3.8) is 0 Å². The number of likely N-dealkylation sites (tertiary alicyclic amines) is 1. The number of hydrogen-bond acceptors (Lipinski definition) is 4. The monoisotopic (exact) mass is 448 g/mol. The van der Waals surface area contributed by atoms with Crippen LogP contribution in [0.25, 0.3) is 10.9 Å². The second-order valence-electron chi connectivity index (χ2n) is 7.54. The summed E-state index contributed by atoms with van der Waals surface area (Å²) in [6.45, 7) is 0.293. The summed E-state index contributed by atoms with van der Waals surface area (Å²) in [6.07, 6.45) is 0.334. The first-order valence-electron chi connectivity index (χ1n) is 9.78. The number of nitrogens with one attached hydrogen (secondary N) is 1. The minimum absolute atomic E-state index is 0.0385. The van der Waals surface area contributed by atoms with Crippen molar-refractivity contribution in [3.05, 3.63) is 60.5 Å². The summed E-state index contributed by atoms with van der Waals surface area (Å²) in [5.41, 5.74) is 6.35. The number of carbonyl (C=O) groups excluding carboxylic acids is 1. The number of fused-ring (bicyclic) bond motifs is 1. The Hall–Kier alpha value is -2.98. The van der Waals surface area contributed by atoms with Gasteiger partial charge in [0.05, 0.1) is 28.7 Å². The van der Waals surface area contributed by atoms with Crippen molar-refractivity contribution < 1.29 is 22.0 Å². The lowest BCUT2D eigenvalue weighted by atomic mass is 10.2. The Morgan fingerprint density at radius 3 is 2.58 bits per heavy atom. The van der Waals surface area contributed by atoms with E-state index in [-0.39, 0.29) is 42.5 Å². The standard InChI is InChI=1S/C21H22F2N4O3S/c22-14-6-7-16-19(25-31(29,30)15-4-2-1-3-5-15)13-26(20(16)10-14)9-8-21(28)27-11-17(23)18(24)12-27/h1-7,10,13,17-18,25H,8-9,11-12,24H2/t17-,18-/m0/s1. The second-order valence-corrected chi connectivity index (χ2v) is 9.23. The summed E-state index contributed by atoms with van der Waals surface area (Å²) in [6, 6.07) is 11.2. The number of carbonyl (C=O) groups is 1. The second kappa shape index (κ2) is 8.27. The molecule has 3 aromatic rings. The SMILES string of the molecule is N[C@H]1CN(C(=O)CCn2cc(NS(=O)(=O)c3ccccc3)c3ccc(F)cc32)C[C@@H]1F. The normalized spacial score (nSPS) is 19.1. The first-order valence-corrected chi connectivity index (χ1v) is 11.3. The first kappa shape index (κ1) is 21.3. The lowest BCUT2D eigenvalue weighted by molar-refractivity contribution is -0.130. The van der Waals surface area contributed by atoms with Gasteiger partial charge in [-0.1, -0.05) is 18.2 Å². The third kappa shape index (κ3) is 4.40. The van der Waals surface area contributed by atoms with Gasteiger partial charge in [0.2, 0.25) is 5.91 Å². The Morgan fingerprint density at radius 1 is 1.16 bits per heavy atom. The molecule has 2 heterocycles.